The molecule has 0 radical (unpaired) electrons. The zero-order valence-corrected chi connectivity index (χ0v) is 18.7. The Labute approximate surface area is 185 Å². The van der Waals surface area contributed by atoms with Crippen LogP contribution in [0.5, 0.6) is 0 Å². The zero-order valence-electron chi connectivity index (χ0n) is 17.8. The molecule has 2 heterocycles. The Kier molecular flexibility index (Phi) is 5.79. The second-order valence-electron chi connectivity index (χ2n) is 8.51. The highest BCUT2D eigenvalue weighted by Crippen LogP contribution is 2.35. The molecular formula is C23H24F2N2O4S. The molecule has 6 nitrogen and oxygen atoms in total. The Balaban J connectivity index is 1.45. The smallest absolute Gasteiger partial charge is 0.253 e. The van der Waals surface area contributed by atoms with Crippen molar-refractivity contribution in [2.24, 2.45) is 5.92 Å². The van der Waals surface area contributed by atoms with E-state index in [1.807, 2.05) is 6.92 Å². The minimum absolute atomic E-state index is 0.193. The second-order valence-corrected chi connectivity index (χ2v) is 10.4. The van der Waals surface area contributed by atoms with E-state index in [4.69, 9.17) is 0 Å². The maximum atomic E-state index is 13.9. The number of amides is 1. The van der Waals surface area contributed by atoms with Gasteiger partial charge in [-0.2, -0.15) is 0 Å². The molecule has 1 atom stereocenters. The van der Waals surface area contributed by atoms with E-state index in [0.29, 0.717) is 43.6 Å². The number of benzene rings is 2. The summed E-state index contributed by atoms with van der Waals surface area (Å²) in [4.78, 5) is 27.3. The lowest BCUT2D eigenvalue weighted by atomic mass is 9.88. The summed E-state index contributed by atoms with van der Waals surface area (Å²) in [5, 5.41) is 0. The van der Waals surface area contributed by atoms with Crippen LogP contribution in [0.3, 0.4) is 0 Å². The van der Waals surface area contributed by atoms with Crippen LogP contribution in [-0.4, -0.2) is 50.4 Å². The van der Waals surface area contributed by atoms with Gasteiger partial charge in [-0.05, 0) is 68.1 Å². The summed E-state index contributed by atoms with van der Waals surface area (Å²) >= 11 is 0. The monoisotopic (exact) mass is 462 g/mol. The van der Waals surface area contributed by atoms with Crippen LogP contribution in [0.2, 0.25) is 0 Å². The van der Waals surface area contributed by atoms with Gasteiger partial charge in [0.1, 0.15) is 11.6 Å². The molecule has 9 heteroatoms. The predicted molar refractivity (Wildman–Crippen MR) is 116 cm³/mol. The summed E-state index contributed by atoms with van der Waals surface area (Å²) in [6.07, 6.45) is 2.42. The van der Waals surface area contributed by atoms with Crippen LogP contribution in [0.4, 0.5) is 14.5 Å². The van der Waals surface area contributed by atoms with Crippen LogP contribution in [0.1, 0.15) is 46.0 Å². The molecule has 32 heavy (non-hydrogen) atoms. The van der Waals surface area contributed by atoms with E-state index in [1.54, 1.807) is 23.1 Å². The first-order valence-electron chi connectivity index (χ1n) is 10.5. The predicted octanol–water partition coefficient (Wildman–Crippen LogP) is 3.41. The third kappa shape index (κ3) is 4.13. The summed E-state index contributed by atoms with van der Waals surface area (Å²) in [6, 6.07) is 7.64. The van der Waals surface area contributed by atoms with Gasteiger partial charge in [0, 0.05) is 30.6 Å². The highest BCUT2D eigenvalue weighted by Gasteiger charge is 2.34. The van der Waals surface area contributed by atoms with Crippen molar-refractivity contribution in [1.29, 1.82) is 0 Å². The maximum absolute atomic E-state index is 13.9. The summed E-state index contributed by atoms with van der Waals surface area (Å²) in [5.74, 6) is -2.52. The van der Waals surface area contributed by atoms with Crippen molar-refractivity contribution >= 4 is 27.4 Å². The molecule has 1 unspecified atom stereocenters. The van der Waals surface area contributed by atoms with E-state index in [0.717, 1.165) is 23.8 Å². The third-order valence-corrected chi connectivity index (χ3v) is 7.45. The van der Waals surface area contributed by atoms with Crippen LogP contribution in [0.25, 0.3) is 0 Å². The highest BCUT2D eigenvalue weighted by atomic mass is 32.2. The van der Waals surface area contributed by atoms with Gasteiger partial charge in [0.25, 0.3) is 5.91 Å². The highest BCUT2D eigenvalue weighted by molar-refractivity contribution is 7.92. The van der Waals surface area contributed by atoms with Crippen molar-refractivity contribution in [1.82, 2.24) is 4.90 Å². The van der Waals surface area contributed by atoms with Gasteiger partial charge in [-0.15, -0.1) is 0 Å². The molecule has 0 aliphatic carbocycles. The summed E-state index contributed by atoms with van der Waals surface area (Å²) in [5.41, 5.74) is 1.61. The number of ketones is 1. The first-order chi connectivity index (χ1) is 15.1. The Bertz CT molecular complexity index is 1190. The second kappa shape index (κ2) is 8.27. The number of halogens is 2. The zero-order chi connectivity index (χ0) is 23.2. The fourth-order valence-electron chi connectivity index (χ4n) is 4.67. The molecule has 1 fully saturated rings. The Morgan fingerprint density at radius 1 is 1.03 bits per heavy atom. The number of rotatable bonds is 4. The normalized spacial score (nSPS) is 19.2. The first-order valence-corrected chi connectivity index (χ1v) is 12.3. The molecule has 0 bridgehead atoms. The molecule has 2 aromatic carbocycles. The molecule has 0 N–H and O–H groups in total. The molecule has 1 amide bonds. The minimum atomic E-state index is -3.41. The number of hydrogen-bond donors (Lipinski definition) is 0. The van der Waals surface area contributed by atoms with Gasteiger partial charge in [0.05, 0.1) is 17.5 Å². The number of likely N-dealkylation sites (tertiary alicyclic amines) is 1. The molecule has 0 aromatic heterocycles. The summed E-state index contributed by atoms with van der Waals surface area (Å²) in [7, 11) is -3.41. The van der Waals surface area contributed by atoms with Crippen LogP contribution in [0, 0.1) is 17.6 Å². The van der Waals surface area contributed by atoms with Crippen LogP contribution >= 0.6 is 0 Å². The molecular weight excluding hydrogens is 438 g/mol. The van der Waals surface area contributed by atoms with Gasteiger partial charge < -0.3 is 4.90 Å². The van der Waals surface area contributed by atoms with E-state index >= 15 is 0 Å². The van der Waals surface area contributed by atoms with E-state index in [1.165, 1.54) is 10.6 Å². The molecule has 0 saturated carbocycles. The van der Waals surface area contributed by atoms with Gasteiger partial charge >= 0.3 is 0 Å². The molecule has 1 saturated heterocycles. The quantitative estimate of drug-likeness (QED) is 0.653. The number of fused-ring (bicyclic) bond motifs is 1. The molecule has 4 rings (SSSR count). The van der Waals surface area contributed by atoms with Crippen molar-refractivity contribution in [3.63, 3.8) is 0 Å². The largest absolute Gasteiger partial charge is 0.339 e. The van der Waals surface area contributed by atoms with Gasteiger partial charge in [-0.1, -0.05) is 0 Å². The lowest BCUT2D eigenvalue weighted by Gasteiger charge is -2.31. The van der Waals surface area contributed by atoms with Crippen LogP contribution in [-0.2, 0) is 16.4 Å². The number of carbonyl (C=O) groups is 2. The van der Waals surface area contributed by atoms with E-state index in [9.17, 15) is 26.8 Å². The van der Waals surface area contributed by atoms with Gasteiger partial charge in [0.15, 0.2) is 5.78 Å². The molecule has 2 aliphatic rings. The van der Waals surface area contributed by atoms with Crippen molar-refractivity contribution < 1.29 is 26.8 Å². The van der Waals surface area contributed by atoms with Crippen LogP contribution < -0.4 is 4.31 Å². The Hall–Kier alpha value is -2.81. The van der Waals surface area contributed by atoms with Crippen molar-refractivity contribution in [2.75, 3.05) is 23.7 Å². The summed E-state index contributed by atoms with van der Waals surface area (Å²) < 4.78 is 52.9. The van der Waals surface area contributed by atoms with E-state index in [-0.39, 0.29) is 17.5 Å². The third-order valence-electron chi connectivity index (χ3n) is 6.18. The number of Topliss-reactive ketones (excluding diaryl/α,β-unsaturated/α-hetero) is 1. The lowest BCUT2D eigenvalue weighted by Crippen LogP contribution is -2.40. The van der Waals surface area contributed by atoms with Crippen molar-refractivity contribution in [2.45, 2.75) is 32.2 Å². The number of carbonyl (C=O) groups excluding carboxylic acids is 2. The van der Waals surface area contributed by atoms with E-state index < -0.39 is 33.4 Å². The van der Waals surface area contributed by atoms with Gasteiger partial charge in [-0.3, -0.25) is 13.9 Å². The molecule has 170 valence electrons. The standard InChI is InChI=1S/C23H24F2N2O4S/c1-14-11-17-12-16(3-6-21(17)27(14)32(2,30)31)23(29)26-9-7-15(8-10-26)22(28)19-13-18(24)4-5-20(19)25/h3-6,12-15H,7-11H2,1-2H3. The number of anilines is 1. The average Bonchev–Trinajstić information content (AvgIpc) is 3.09. The Morgan fingerprint density at radius 2 is 1.72 bits per heavy atom. The fraction of sp³-hybridized carbons (Fsp3) is 0.391. The number of nitrogens with zero attached hydrogens (tertiary/aromatic N) is 2. The Morgan fingerprint density at radius 3 is 2.38 bits per heavy atom. The first kappa shape index (κ1) is 22.4. The number of hydrogen-bond acceptors (Lipinski definition) is 4. The minimum Gasteiger partial charge on any atom is -0.339 e. The SMILES string of the molecule is CC1Cc2cc(C(=O)N3CCC(C(=O)c4cc(F)ccc4F)CC3)ccc2N1S(C)(=O)=O. The van der Waals surface area contributed by atoms with E-state index in [2.05, 4.69) is 0 Å². The van der Waals surface area contributed by atoms with Crippen LogP contribution in [0.15, 0.2) is 36.4 Å². The van der Waals surface area contributed by atoms with Gasteiger partial charge in [0.2, 0.25) is 10.0 Å². The average molecular weight is 463 g/mol. The summed E-state index contributed by atoms with van der Waals surface area (Å²) in [6.45, 7) is 2.48. The fourth-order valence-corrected chi connectivity index (χ4v) is 5.94. The molecule has 0 spiro atoms. The molecule has 2 aromatic rings. The lowest BCUT2D eigenvalue weighted by molar-refractivity contribution is 0.0649. The van der Waals surface area contributed by atoms with Gasteiger partial charge in [-0.25, -0.2) is 17.2 Å². The van der Waals surface area contributed by atoms with Crippen molar-refractivity contribution in [3.05, 3.63) is 64.7 Å². The number of piperidine rings is 1. The number of sulfonamides is 1. The molecule has 2 aliphatic heterocycles. The topological polar surface area (TPSA) is 74.8 Å². The van der Waals surface area contributed by atoms with Crippen molar-refractivity contribution in [3.8, 4) is 0 Å². The maximum Gasteiger partial charge on any atom is 0.253 e.